The van der Waals surface area contributed by atoms with Crippen LogP contribution in [0.25, 0.3) is 0 Å². The van der Waals surface area contributed by atoms with Crippen molar-refractivity contribution in [1.29, 1.82) is 0 Å². The molecule has 0 aromatic heterocycles. The molecule has 0 N–H and O–H groups in total. The van der Waals surface area contributed by atoms with Gasteiger partial charge in [0, 0.05) is 19.3 Å². The van der Waals surface area contributed by atoms with E-state index < -0.39 is 12.1 Å². The molecule has 0 aromatic rings. The van der Waals surface area contributed by atoms with Crippen LogP contribution in [-0.2, 0) is 28.6 Å². The number of allylic oxidation sites excluding steroid dienone is 24. The van der Waals surface area contributed by atoms with Crippen molar-refractivity contribution in [2.45, 2.75) is 290 Å². The Bertz CT molecular complexity index is 1750. The highest BCUT2D eigenvalue weighted by molar-refractivity contribution is 5.71. The molecule has 0 radical (unpaired) electrons. The average Bonchev–Trinajstić information content (AvgIpc) is 3.46. The quantitative estimate of drug-likeness (QED) is 0.0261. The van der Waals surface area contributed by atoms with Crippen molar-refractivity contribution in [3.05, 3.63) is 146 Å². The van der Waals surface area contributed by atoms with Gasteiger partial charge in [-0.2, -0.15) is 0 Å². The summed E-state index contributed by atoms with van der Waals surface area (Å²) in [6.07, 6.45) is 96.2. The Morgan fingerprint density at radius 3 is 0.812 bits per heavy atom. The zero-order chi connectivity index (χ0) is 57.8. The van der Waals surface area contributed by atoms with Crippen LogP contribution in [0.5, 0.6) is 0 Å². The van der Waals surface area contributed by atoms with Crippen LogP contribution in [0.3, 0.4) is 0 Å². The van der Waals surface area contributed by atoms with Gasteiger partial charge in [0.1, 0.15) is 13.2 Å². The lowest BCUT2D eigenvalue weighted by Crippen LogP contribution is -2.30. The zero-order valence-electron chi connectivity index (χ0n) is 51.8. The lowest BCUT2D eigenvalue weighted by Gasteiger charge is -2.18. The molecule has 0 saturated heterocycles. The van der Waals surface area contributed by atoms with Crippen molar-refractivity contribution in [2.75, 3.05) is 13.2 Å². The highest BCUT2D eigenvalue weighted by Crippen LogP contribution is 2.16. The van der Waals surface area contributed by atoms with Crippen LogP contribution in [0, 0.1) is 0 Å². The molecule has 0 aliphatic heterocycles. The van der Waals surface area contributed by atoms with Crippen LogP contribution in [0.4, 0.5) is 0 Å². The molecule has 1 atom stereocenters. The van der Waals surface area contributed by atoms with Crippen LogP contribution in [0.15, 0.2) is 146 Å². The molecule has 6 heteroatoms. The number of unbranched alkanes of at least 4 members (excludes halogenated alkanes) is 23. The van der Waals surface area contributed by atoms with Gasteiger partial charge in [0.25, 0.3) is 0 Å². The van der Waals surface area contributed by atoms with E-state index in [-0.39, 0.29) is 31.6 Å². The predicted octanol–water partition coefficient (Wildman–Crippen LogP) is 22.7. The molecule has 80 heavy (non-hydrogen) atoms. The SMILES string of the molecule is CC/C=C\C/C=C\C/C=C\C/C=C\C/C=C\C/C=C\CCCCCCCCCCCCCCCCCCC(=O)OCC(COC(=O)CCCCCCCCCC)OC(=O)CC/C=C\C/C=C\C/C=C\C/C=C\C/C=C\C/C=C\CC. The number of esters is 3. The van der Waals surface area contributed by atoms with E-state index in [4.69, 9.17) is 14.2 Å². The van der Waals surface area contributed by atoms with E-state index in [0.717, 1.165) is 116 Å². The standard InChI is InChI=1S/C74H120O6/c1-4-7-10-13-16-19-21-23-25-27-29-30-31-32-33-34-35-36-37-38-39-40-41-42-43-44-46-47-49-51-53-55-58-61-64-67-73(76)79-70-71(69-78-72(75)66-63-60-57-18-15-12-9-6-3)80-74(77)68-65-62-59-56-54-52-50-48-45-28-26-24-22-20-17-14-11-8-5-2/h7-8,10-11,16-17,19-20,23-26,29-30,32-33,35-36,45,48,52,54,59,62,71H,4-6,9,12-15,18,21-22,27-28,31,34,37-44,46-47,49-51,53,55-58,60-61,63-70H2,1-3H3/b10-7-,11-8-,19-16-,20-17-,25-23-,26-24-,30-29-,33-32-,36-35-,48-45-,54-52-,62-59-. The van der Waals surface area contributed by atoms with Gasteiger partial charge in [-0.05, 0) is 109 Å². The summed E-state index contributed by atoms with van der Waals surface area (Å²) in [4.78, 5) is 38.1. The van der Waals surface area contributed by atoms with Crippen molar-refractivity contribution in [2.24, 2.45) is 0 Å². The first kappa shape index (κ1) is 75.3. The van der Waals surface area contributed by atoms with E-state index in [1.54, 1.807) is 0 Å². The highest BCUT2D eigenvalue weighted by Gasteiger charge is 2.19. The van der Waals surface area contributed by atoms with Gasteiger partial charge in [-0.3, -0.25) is 14.4 Å². The minimum Gasteiger partial charge on any atom is -0.462 e. The lowest BCUT2D eigenvalue weighted by molar-refractivity contribution is -0.166. The maximum Gasteiger partial charge on any atom is 0.306 e. The van der Waals surface area contributed by atoms with Gasteiger partial charge < -0.3 is 14.2 Å². The van der Waals surface area contributed by atoms with Crippen molar-refractivity contribution in [3.63, 3.8) is 0 Å². The van der Waals surface area contributed by atoms with Gasteiger partial charge in [-0.1, -0.05) is 301 Å². The molecule has 0 aromatic carbocycles. The Labute approximate surface area is 493 Å². The van der Waals surface area contributed by atoms with Crippen LogP contribution in [0.1, 0.15) is 284 Å². The van der Waals surface area contributed by atoms with E-state index in [2.05, 4.69) is 161 Å². The van der Waals surface area contributed by atoms with Crippen LogP contribution < -0.4 is 0 Å². The molecule has 0 saturated carbocycles. The molecular formula is C74H120O6. The Morgan fingerprint density at radius 1 is 0.263 bits per heavy atom. The summed E-state index contributed by atoms with van der Waals surface area (Å²) < 4.78 is 16.8. The number of rotatable bonds is 58. The maximum atomic E-state index is 12.8. The van der Waals surface area contributed by atoms with E-state index in [1.807, 2.05) is 6.08 Å². The number of carbonyl (C=O) groups excluding carboxylic acids is 3. The van der Waals surface area contributed by atoms with Gasteiger partial charge in [0.15, 0.2) is 6.10 Å². The first-order valence-corrected chi connectivity index (χ1v) is 32.8. The van der Waals surface area contributed by atoms with E-state index >= 15 is 0 Å². The summed E-state index contributed by atoms with van der Waals surface area (Å²) >= 11 is 0. The first-order chi connectivity index (χ1) is 39.5. The van der Waals surface area contributed by atoms with Crippen molar-refractivity contribution in [3.8, 4) is 0 Å². The molecule has 0 rings (SSSR count). The number of ether oxygens (including phenoxy) is 3. The van der Waals surface area contributed by atoms with Crippen molar-refractivity contribution >= 4 is 17.9 Å². The second-order valence-electron chi connectivity index (χ2n) is 21.3. The molecule has 0 bridgehead atoms. The monoisotopic (exact) mass is 1100 g/mol. The molecule has 6 nitrogen and oxygen atoms in total. The summed E-state index contributed by atoms with van der Waals surface area (Å²) in [6.45, 7) is 6.32. The molecule has 0 spiro atoms. The third-order valence-electron chi connectivity index (χ3n) is 13.6. The van der Waals surface area contributed by atoms with Gasteiger partial charge in [0.05, 0.1) is 0 Å². The molecule has 0 aliphatic carbocycles. The minimum atomic E-state index is -0.820. The smallest absolute Gasteiger partial charge is 0.306 e. The zero-order valence-corrected chi connectivity index (χ0v) is 51.8. The lowest BCUT2D eigenvalue weighted by atomic mass is 10.0. The molecule has 0 amide bonds. The third-order valence-corrected chi connectivity index (χ3v) is 13.6. The van der Waals surface area contributed by atoms with Gasteiger partial charge in [-0.15, -0.1) is 0 Å². The second-order valence-corrected chi connectivity index (χ2v) is 21.3. The van der Waals surface area contributed by atoms with E-state index in [9.17, 15) is 14.4 Å². The van der Waals surface area contributed by atoms with Crippen LogP contribution in [-0.4, -0.2) is 37.2 Å². The summed E-state index contributed by atoms with van der Waals surface area (Å²) in [7, 11) is 0. The first-order valence-electron chi connectivity index (χ1n) is 32.8. The average molecular weight is 1110 g/mol. The van der Waals surface area contributed by atoms with Gasteiger partial charge in [-0.25, -0.2) is 0 Å². The van der Waals surface area contributed by atoms with E-state index in [1.165, 1.54) is 122 Å². The molecular weight excluding hydrogens is 985 g/mol. The van der Waals surface area contributed by atoms with Crippen molar-refractivity contribution in [1.82, 2.24) is 0 Å². The Morgan fingerprint density at radius 2 is 0.512 bits per heavy atom. The summed E-state index contributed by atoms with van der Waals surface area (Å²) in [5, 5.41) is 0. The molecule has 0 heterocycles. The van der Waals surface area contributed by atoms with Crippen LogP contribution >= 0.6 is 0 Å². The van der Waals surface area contributed by atoms with Crippen molar-refractivity contribution < 1.29 is 28.6 Å². The van der Waals surface area contributed by atoms with Gasteiger partial charge >= 0.3 is 17.9 Å². The third kappa shape index (κ3) is 64.1. The largest absolute Gasteiger partial charge is 0.462 e. The van der Waals surface area contributed by atoms with Gasteiger partial charge in [0.2, 0.25) is 0 Å². The Kier molecular flexibility index (Phi) is 62.9. The highest BCUT2D eigenvalue weighted by atomic mass is 16.6. The fourth-order valence-electron chi connectivity index (χ4n) is 8.77. The molecule has 452 valence electrons. The summed E-state index contributed by atoms with van der Waals surface area (Å²) in [5.41, 5.74) is 0. The summed E-state index contributed by atoms with van der Waals surface area (Å²) in [6, 6.07) is 0. The second kappa shape index (κ2) is 66.8. The minimum absolute atomic E-state index is 0.109. The normalized spacial score (nSPS) is 13.1. The summed E-state index contributed by atoms with van der Waals surface area (Å²) in [5.74, 6) is -0.997. The van der Waals surface area contributed by atoms with Crippen LogP contribution in [0.2, 0.25) is 0 Å². The number of carbonyl (C=O) groups is 3. The topological polar surface area (TPSA) is 78.9 Å². The van der Waals surface area contributed by atoms with E-state index in [0.29, 0.717) is 19.3 Å². The Hall–Kier alpha value is -4.71. The number of hydrogen-bond acceptors (Lipinski definition) is 6. The fourth-order valence-corrected chi connectivity index (χ4v) is 8.77. The molecule has 0 fully saturated rings. The Balaban J connectivity index is 4.15. The molecule has 0 aliphatic rings. The predicted molar refractivity (Wildman–Crippen MR) is 348 cm³/mol. The number of hydrogen-bond donors (Lipinski definition) is 0. The fraction of sp³-hybridized carbons (Fsp3) is 0.635. The molecule has 1 unspecified atom stereocenters. The maximum absolute atomic E-state index is 12.8.